The van der Waals surface area contributed by atoms with Crippen molar-refractivity contribution >= 4 is 54.3 Å². The van der Waals surface area contributed by atoms with Crippen LogP contribution in [0, 0.1) is 18.2 Å². The number of nitrogens with zero attached hydrogens (tertiary/aromatic N) is 3. The number of thiophene rings is 2. The molecule has 0 spiro atoms. The standard InChI is InChI=1S/C24H18N.2C13H8NS.3Ir/c1-24(2)21-10-6-5-9-19(21)20-12-11-17(15-22(20)24)23-18-8-4-3-7-16(18)13-14-25-23;1-2-7-12-10(5-1)9-13(15-12)11-6-3-4-8-14-11;1-2-5-11-10(4-1)7-8-14-13(11)12-6-3-9-15-12;;;/h3-10,12-15H,1-2H3;1-8H;1-5,7-9H;;;/q3*-1;;;. The van der Waals surface area contributed by atoms with Gasteiger partial charge in [0.25, 0.3) is 0 Å². The second-order valence-corrected chi connectivity index (χ2v) is 15.7. The molecule has 0 atom stereocenters. The van der Waals surface area contributed by atoms with Gasteiger partial charge in [-0.05, 0) is 71.7 Å². The average Bonchev–Trinajstić information content (AvgIpc) is 4.00. The zero-order valence-corrected chi connectivity index (χ0v) is 40.1. The molecule has 5 heterocycles. The van der Waals surface area contributed by atoms with E-state index in [2.05, 4.69) is 144 Å². The first-order valence-corrected chi connectivity index (χ1v) is 19.9. The maximum atomic E-state index is 4.67. The Hall–Kier alpha value is -4.32. The van der Waals surface area contributed by atoms with Crippen molar-refractivity contribution in [2.24, 2.45) is 0 Å². The zero-order valence-electron chi connectivity index (χ0n) is 31.3. The summed E-state index contributed by atoms with van der Waals surface area (Å²) in [5.74, 6) is 0. The SMILES string of the molecule is CC1(C)c2ccccc2-c2c[c-]c(-c3nccc4ccccc34)cc21.[Ir].[Ir].[Ir].[c-]1c(-c2ccccn2)sc2ccccc12.[c-]1ccsc1-c1nccc2ccccc12. The predicted octanol–water partition coefficient (Wildman–Crippen LogP) is 13.5. The van der Waals surface area contributed by atoms with E-state index in [9.17, 15) is 0 Å². The number of pyridine rings is 3. The second kappa shape index (κ2) is 19.2. The van der Waals surface area contributed by atoms with Gasteiger partial charge < -0.3 is 15.0 Å². The van der Waals surface area contributed by atoms with E-state index in [1.807, 2.05) is 72.5 Å². The Bertz CT molecular complexity index is 2880. The van der Waals surface area contributed by atoms with Crippen molar-refractivity contribution in [2.75, 3.05) is 0 Å². The molecule has 291 valence electrons. The third-order valence-corrected chi connectivity index (χ3v) is 12.0. The predicted molar refractivity (Wildman–Crippen MR) is 231 cm³/mol. The molecule has 0 saturated carbocycles. The fourth-order valence-corrected chi connectivity index (χ4v) is 8.98. The molecule has 5 aromatic heterocycles. The normalized spacial score (nSPS) is 11.7. The Kier molecular flexibility index (Phi) is 14.3. The molecule has 1 aliphatic rings. The van der Waals surface area contributed by atoms with E-state index >= 15 is 0 Å². The molecule has 0 fully saturated rings. The summed E-state index contributed by atoms with van der Waals surface area (Å²) >= 11 is 3.41. The van der Waals surface area contributed by atoms with Gasteiger partial charge in [0.2, 0.25) is 0 Å². The third kappa shape index (κ3) is 8.68. The van der Waals surface area contributed by atoms with Crippen LogP contribution in [0.15, 0.2) is 170 Å². The van der Waals surface area contributed by atoms with Crippen molar-refractivity contribution in [2.45, 2.75) is 19.3 Å². The minimum absolute atomic E-state index is 0. The van der Waals surface area contributed by atoms with Gasteiger partial charge in [-0.15, -0.1) is 58.3 Å². The topological polar surface area (TPSA) is 38.7 Å². The first kappa shape index (κ1) is 43.3. The van der Waals surface area contributed by atoms with Crippen LogP contribution in [0.2, 0.25) is 0 Å². The molecule has 0 N–H and O–H groups in total. The monoisotopic (exact) mass is 1320 g/mol. The van der Waals surface area contributed by atoms with E-state index in [4.69, 9.17) is 0 Å². The van der Waals surface area contributed by atoms with Crippen molar-refractivity contribution in [1.29, 1.82) is 0 Å². The van der Waals surface area contributed by atoms with Gasteiger partial charge in [0.1, 0.15) is 0 Å². The van der Waals surface area contributed by atoms with Crippen molar-refractivity contribution in [1.82, 2.24) is 15.0 Å². The number of benzene rings is 5. The third-order valence-electron chi connectivity index (χ3n) is 10.0. The number of hydrogen-bond acceptors (Lipinski definition) is 5. The van der Waals surface area contributed by atoms with Gasteiger partial charge in [0.05, 0.1) is 0 Å². The molecule has 58 heavy (non-hydrogen) atoms. The first-order chi connectivity index (χ1) is 27.0. The van der Waals surface area contributed by atoms with Gasteiger partial charge in [-0.2, -0.15) is 12.1 Å². The molecular weight excluding hydrogens is 1280 g/mol. The van der Waals surface area contributed by atoms with Crippen molar-refractivity contribution in [3.05, 3.63) is 199 Å². The Balaban J connectivity index is 0.000000150. The number of fused-ring (bicyclic) bond motifs is 6. The summed E-state index contributed by atoms with van der Waals surface area (Å²) in [6, 6.07) is 60.1. The Morgan fingerprint density at radius 3 is 1.91 bits per heavy atom. The van der Waals surface area contributed by atoms with Gasteiger partial charge in [-0.1, -0.05) is 127 Å². The molecule has 1 aliphatic carbocycles. The molecule has 3 nitrogen and oxygen atoms in total. The largest absolute Gasteiger partial charge is 0.318 e. The maximum Gasteiger partial charge on any atom is 0.0167 e. The van der Waals surface area contributed by atoms with Crippen molar-refractivity contribution < 1.29 is 60.3 Å². The molecule has 3 radical (unpaired) electrons. The molecule has 11 rings (SSSR count). The molecule has 0 unspecified atom stereocenters. The molecule has 0 amide bonds. The van der Waals surface area contributed by atoms with Gasteiger partial charge in [0, 0.05) is 84.6 Å². The molecule has 8 heteroatoms. The Morgan fingerprint density at radius 1 is 0.552 bits per heavy atom. The first-order valence-electron chi connectivity index (χ1n) is 18.2. The van der Waals surface area contributed by atoms with Crippen LogP contribution < -0.4 is 0 Å². The Morgan fingerprint density at radius 2 is 1.21 bits per heavy atom. The van der Waals surface area contributed by atoms with E-state index < -0.39 is 0 Å². The maximum absolute atomic E-state index is 4.67. The van der Waals surface area contributed by atoms with Crippen LogP contribution in [0.4, 0.5) is 0 Å². The fourth-order valence-electron chi connectivity index (χ4n) is 7.31. The van der Waals surface area contributed by atoms with Crippen LogP contribution in [-0.4, -0.2) is 15.0 Å². The number of aromatic nitrogens is 3. The van der Waals surface area contributed by atoms with Crippen LogP contribution in [0.25, 0.3) is 75.2 Å². The van der Waals surface area contributed by atoms with Crippen LogP contribution in [0.3, 0.4) is 0 Å². The summed E-state index contributed by atoms with van der Waals surface area (Å²) in [4.78, 5) is 15.6. The van der Waals surface area contributed by atoms with Gasteiger partial charge in [-0.3, -0.25) is 0 Å². The van der Waals surface area contributed by atoms with E-state index in [1.165, 1.54) is 53.9 Å². The van der Waals surface area contributed by atoms with Gasteiger partial charge >= 0.3 is 0 Å². The summed E-state index contributed by atoms with van der Waals surface area (Å²) < 4.78 is 1.26. The molecule has 10 aromatic rings. The van der Waals surface area contributed by atoms with Gasteiger partial charge in [-0.25, -0.2) is 22.7 Å². The van der Waals surface area contributed by atoms with Crippen LogP contribution >= 0.6 is 22.7 Å². The summed E-state index contributed by atoms with van der Waals surface area (Å²) in [6.45, 7) is 4.61. The second-order valence-electron chi connectivity index (χ2n) is 13.8. The molecule has 0 bridgehead atoms. The minimum Gasteiger partial charge on any atom is -0.318 e. The van der Waals surface area contributed by atoms with E-state index in [0.717, 1.165) is 32.4 Å². The minimum atomic E-state index is 0. The van der Waals surface area contributed by atoms with E-state index in [1.54, 1.807) is 22.7 Å². The van der Waals surface area contributed by atoms with Gasteiger partial charge in [0.15, 0.2) is 0 Å². The summed E-state index contributed by atoms with van der Waals surface area (Å²) in [5, 5.41) is 8.00. The number of hydrogen-bond donors (Lipinski definition) is 0. The molecule has 5 aromatic carbocycles. The zero-order chi connectivity index (χ0) is 37.2. The molecule has 0 saturated heterocycles. The van der Waals surface area contributed by atoms with Crippen LogP contribution in [-0.2, 0) is 65.7 Å². The molecule has 0 aliphatic heterocycles. The van der Waals surface area contributed by atoms with Crippen LogP contribution in [0.1, 0.15) is 25.0 Å². The summed E-state index contributed by atoms with van der Waals surface area (Å²) in [7, 11) is 0. The summed E-state index contributed by atoms with van der Waals surface area (Å²) in [5.41, 5.74) is 9.48. The van der Waals surface area contributed by atoms with E-state index in [-0.39, 0.29) is 65.7 Å². The quantitative estimate of drug-likeness (QED) is 0.166. The smallest absolute Gasteiger partial charge is 0.0167 e. The fraction of sp³-hybridized carbons (Fsp3) is 0.0600. The van der Waals surface area contributed by atoms with Crippen molar-refractivity contribution in [3.8, 4) is 43.5 Å². The number of rotatable bonds is 3. The van der Waals surface area contributed by atoms with E-state index in [0.29, 0.717) is 0 Å². The molecular formula is C50H34Ir3N3S2-3. The Labute approximate surface area is 387 Å². The average molecular weight is 1320 g/mol. The summed E-state index contributed by atoms with van der Waals surface area (Å²) in [6.07, 6.45) is 5.55. The van der Waals surface area contributed by atoms with Crippen LogP contribution in [0.5, 0.6) is 0 Å². The van der Waals surface area contributed by atoms with Crippen molar-refractivity contribution in [3.63, 3.8) is 0 Å².